The Hall–Kier alpha value is -5.18. The van der Waals surface area contributed by atoms with Crippen molar-refractivity contribution in [2.75, 3.05) is 13.2 Å². The molecule has 3 rings (SSSR count). The van der Waals surface area contributed by atoms with Gasteiger partial charge in [-0.1, -0.05) is 37.4 Å². The van der Waals surface area contributed by atoms with E-state index >= 15 is 0 Å². The van der Waals surface area contributed by atoms with Crippen molar-refractivity contribution in [3.8, 4) is 28.4 Å². The molecule has 0 fully saturated rings. The molecule has 0 unspecified atom stereocenters. The highest BCUT2D eigenvalue weighted by molar-refractivity contribution is 5.91. The first-order chi connectivity index (χ1) is 18.6. The van der Waals surface area contributed by atoms with Crippen molar-refractivity contribution < 1.29 is 42.9 Å². The third-order valence-corrected chi connectivity index (χ3v) is 4.99. The SMILES string of the molecule is C=C(C)C(=O)OCCOC(=O)Oc1ccc(C(=O)Oc2ccc(-c3ccc(OC(=O)C(=C)C)cc3)cc2)cc1. The summed E-state index contributed by atoms with van der Waals surface area (Å²) in [4.78, 5) is 47.1. The van der Waals surface area contributed by atoms with Gasteiger partial charge in [-0.2, -0.15) is 0 Å². The number of carbonyl (C=O) groups is 4. The Kier molecular flexibility index (Phi) is 9.75. The van der Waals surface area contributed by atoms with E-state index in [0.29, 0.717) is 17.1 Å². The number of hydrogen-bond acceptors (Lipinski definition) is 9. The molecule has 3 aromatic carbocycles. The maximum Gasteiger partial charge on any atom is 0.513 e. The highest BCUT2D eigenvalue weighted by Gasteiger charge is 2.12. The van der Waals surface area contributed by atoms with Crippen LogP contribution in [0.15, 0.2) is 97.1 Å². The van der Waals surface area contributed by atoms with Crippen LogP contribution in [0.2, 0.25) is 0 Å². The molecule has 0 spiro atoms. The van der Waals surface area contributed by atoms with Crippen LogP contribution in [0.25, 0.3) is 11.1 Å². The maximum atomic E-state index is 12.5. The number of esters is 3. The van der Waals surface area contributed by atoms with Crippen molar-refractivity contribution in [1.29, 1.82) is 0 Å². The van der Waals surface area contributed by atoms with E-state index in [1.54, 1.807) is 55.5 Å². The van der Waals surface area contributed by atoms with E-state index in [-0.39, 0.29) is 30.1 Å². The van der Waals surface area contributed by atoms with Gasteiger partial charge >= 0.3 is 24.1 Å². The van der Waals surface area contributed by atoms with Crippen molar-refractivity contribution in [2.45, 2.75) is 13.8 Å². The summed E-state index contributed by atoms with van der Waals surface area (Å²) in [6.45, 7) is 9.75. The first kappa shape index (κ1) is 28.4. The molecule has 0 saturated heterocycles. The summed E-state index contributed by atoms with van der Waals surface area (Å²) in [7, 11) is 0. The lowest BCUT2D eigenvalue weighted by Crippen LogP contribution is -2.16. The summed E-state index contributed by atoms with van der Waals surface area (Å²) in [5.41, 5.74) is 2.54. The van der Waals surface area contributed by atoms with E-state index in [0.717, 1.165) is 11.1 Å². The van der Waals surface area contributed by atoms with Gasteiger partial charge in [0.1, 0.15) is 30.5 Å². The molecular weight excluding hydrogens is 504 g/mol. The summed E-state index contributed by atoms with van der Waals surface area (Å²) in [6.07, 6.45) is -0.987. The average Bonchev–Trinajstić information content (AvgIpc) is 2.92. The zero-order valence-corrected chi connectivity index (χ0v) is 21.4. The lowest BCUT2D eigenvalue weighted by atomic mass is 10.1. The smallest absolute Gasteiger partial charge is 0.459 e. The quantitative estimate of drug-likeness (QED) is 0.107. The van der Waals surface area contributed by atoms with Crippen molar-refractivity contribution in [3.05, 3.63) is 103 Å². The number of ether oxygens (including phenoxy) is 5. The molecule has 0 aliphatic carbocycles. The van der Waals surface area contributed by atoms with Gasteiger partial charge in [-0.05, 0) is 73.5 Å². The van der Waals surface area contributed by atoms with Gasteiger partial charge in [0.2, 0.25) is 0 Å². The summed E-state index contributed by atoms with van der Waals surface area (Å²) >= 11 is 0. The minimum atomic E-state index is -0.987. The second-order valence-corrected chi connectivity index (χ2v) is 8.25. The van der Waals surface area contributed by atoms with Gasteiger partial charge in [0.05, 0.1) is 5.56 Å². The van der Waals surface area contributed by atoms with E-state index in [2.05, 4.69) is 13.2 Å². The van der Waals surface area contributed by atoms with Gasteiger partial charge in [-0.25, -0.2) is 19.2 Å². The van der Waals surface area contributed by atoms with Gasteiger partial charge in [-0.3, -0.25) is 0 Å². The molecule has 3 aromatic rings. The number of rotatable bonds is 10. The molecule has 9 heteroatoms. The van der Waals surface area contributed by atoms with E-state index in [4.69, 9.17) is 23.7 Å². The van der Waals surface area contributed by atoms with Crippen LogP contribution in [0.5, 0.6) is 17.2 Å². The largest absolute Gasteiger partial charge is 0.513 e. The molecule has 0 heterocycles. The summed E-state index contributed by atoms with van der Waals surface area (Å²) in [6, 6.07) is 19.6. The highest BCUT2D eigenvalue weighted by Crippen LogP contribution is 2.25. The van der Waals surface area contributed by atoms with Gasteiger partial charge in [-0.15, -0.1) is 0 Å². The Labute approximate surface area is 225 Å². The standard InChI is InChI=1S/C30H26O9/c1-19(2)27(31)35-17-18-36-30(34)39-26-15-9-23(10-16-26)29(33)38-25-13-7-22(8-14-25)21-5-11-24(12-6-21)37-28(32)20(3)4/h5-16H,1,3,17-18H2,2,4H3. The van der Waals surface area contributed by atoms with Crippen LogP contribution in [0.3, 0.4) is 0 Å². The van der Waals surface area contributed by atoms with Crippen LogP contribution in [0.4, 0.5) is 4.79 Å². The molecule has 0 saturated carbocycles. The minimum absolute atomic E-state index is 0.133. The fourth-order valence-electron chi connectivity index (χ4n) is 2.96. The van der Waals surface area contributed by atoms with Crippen LogP contribution in [-0.2, 0) is 19.1 Å². The van der Waals surface area contributed by atoms with E-state index in [9.17, 15) is 19.2 Å². The zero-order chi connectivity index (χ0) is 28.4. The summed E-state index contributed by atoms with van der Waals surface area (Å²) in [5, 5.41) is 0. The molecule has 0 aromatic heterocycles. The topological polar surface area (TPSA) is 114 Å². The van der Waals surface area contributed by atoms with Crippen molar-refractivity contribution in [2.24, 2.45) is 0 Å². The molecule has 200 valence electrons. The molecule has 9 nitrogen and oxygen atoms in total. The molecule has 0 N–H and O–H groups in total. The van der Waals surface area contributed by atoms with E-state index in [1.807, 2.05) is 0 Å². The van der Waals surface area contributed by atoms with Gasteiger partial charge in [0.25, 0.3) is 0 Å². The monoisotopic (exact) mass is 530 g/mol. The Morgan fingerprint density at radius 3 is 1.51 bits per heavy atom. The lowest BCUT2D eigenvalue weighted by molar-refractivity contribution is -0.140. The lowest BCUT2D eigenvalue weighted by Gasteiger charge is -2.09. The molecule has 0 radical (unpaired) electrons. The predicted octanol–water partition coefficient (Wildman–Crippen LogP) is 5.69. The van der Waals surface area contributed by atoms with E-state index < -0.39 is 24.1 Å². The van der Waals surface area contributed by atoms with Crippen molar-refractivity contribution >= 4 is 24.1 Å². The summed E-state index contributed by atoms with van der Waals surface area (Å²) < 4.78 is 25.2. The van der Waals surface area contributed by atoms with Crippen LogP contribution in [-0.4, -0.2) is 37.3 Å². The van der Waals surface area contributed by atoms with Crippen LogP contribution < -0.4 is 14.2 Å². The fraction of sp³-hybridized carbons (Fsp3) is 0.133. The van der Waals surface area contributed by atoms with Crippen LogP contribution in [0.1, 0.15) is 24.2 Å². The Morgan fingerprint density at radius 1 is 0.564 bits per heavy atom. The zero-order valence-electron chi connectivity index (χ0n) is 21.4. The Bertz CT molecular complexity index is 1370. The molecule has 0 bridgehead atoms. The predicted molar refractivity (Wildman–Crippen MR) is 141 cm³/mol. The molecule has 0 atom stereocenters. The average molecular weight is 531 g/mol. The number of hydrogen-bond donors (Lipinski definition) is 0. The van der Waals surface area contributed by atoms with Crippen LogP contribution in [0, 0.1) is 0 Å². The molecular formula is C30H26O9. The second kappa shape index (κ2) is 13.4. The fourth-order valence-corrected chi connectivity index (χ4v) is 2.96. The highest BCUT2D eigenvalue weighted by atomic mass is 16.7. The molecule has 0 amide bonds. The van der Waals surface area contributed by atoms with Crippen molar-refractivity contribution in [1.82, 2.24) is 0 Å². The third kappa shape index (κ3) is 8.71. The molecule has 39 heavy (non-hydrogen) atoms. The third-order valence-electron chi connectivity index (χ3n) is 4.99. The second-order valence-electron chi connectivity index (χ2n) is 8.25. The summed E-state index contributed by atoms with van der Waals surface area (Å²) in [5.74, 6) is -0.769. The van der Waals surface area contributed by atoms with Gasteiger partial charge in [0.15, 0.2) is 0 Å². The first-order valence-corrected chi connectivity index (χ1v) is 11.7. The molecule has 0 aliphatic rings. The van der Waals surface area contributed by atoms with Crippen molar-refractivity contribution in [3.63, 3.8) is 0 Å². The molecule has 0 aliphatic heterocycles. The van der Waals surface area contributed by atoms with Gasteiger partial charge < -0.3 is 23.7 Å². The Balaban J connectivity index is 1.49. The first-order valence-electron chi connectivity index (χ1n) is 11.7. The van der Waals surface area contributed by atoms with Crippen LogP contribution >= 0.6 is 0 Å². The Morgan fingerprint density at radius 2 is 1.00 bits per heavy atom. The van der Waals surface area contributed by atoms with E-state index in [1.165, 1.54) is 31.2 Å². The normalized spacial score (nSPS) is 10.1. The number of carbonyl (C=O) groups excluding carboxylic acids is 4. The minimum Gasteiger partial charge on any atom is -0.459 e. The van der Waals surface area contributed by atoms with Gasteiger partial charge in [0, 0.05) is 11.1 Å². The maximum absolute atomic E-state index is 12.5. The number of benzene rings is 3.